The van der Waals surface area contributed by atoms with Crippen molar-refractivity contribution in [3.8, 4) is 11.5 Å². The Labute approximate surface area is 165 Å². The van der Waals surface area contributed by atoms with Crippen LogP contribution in [0.25, 0.3) is 22.4 Å². The van der Waals surface area contributed by atoms with Crippen molar-refractivity contribution >= 4 is 16.9 Å². The minimum Gasteiger partial charge on any atom is -0.449 e. The van der Waals surface area contributed by atoms with Gasteiger partial charge >= 0.3 is 5.97 Å². The number of rotatable bonds is 6. The van der Waals surface area contributed by atoms with E-state index in [4.69, 9.17) is 18.3 Å². The molecule has 0 saturated heterocycles. The third-order valence-electron chi connectivity index (χ3n) is 4.34. The Morgan fingerprint density at radius 1 is 1.10 bits per heavy atom. The SMILES string of the molecule is COCc1c(C(=O)O[C@@H](C)c2nnc(-c3ccc(F)cc3)o2)oc2ccccc12. The van der Waals surface area contributed by atoms with Crippen molar-refractivity contribution in [2.24, 2.45) is 0 Å². The number of methoxy groups -OCH3 is 1. The van der Waals surface area contributed by atoms with E-state index in [2.05, 4.69) is 10.2 Å². The summed E-state index contributed by atoms with van der Waals surface area (Å²) in [6.45, 7) is 1.81. The number of carbonyl (C=O) groups excluding carboxylic acids is 1. The lowest BCUT2D eigenvalue weighted by Crippen LogP contribution is -2.11. The van der Waals surface area contributed by atoms with E-state index in [1.165, 1.54) is 31.4 Å². The number of carbonyl (C=O) groups is 1. The number of aromatic nitrogens is 2. The van der Waals surface area contributed by atoms with E-state index >= 15 is 0 Å². The van der Waals surface area contributed by atoms with Crippen LogP contribution in [0.1, 0.15) is 35.0 Å². The third-order valence-corrected chi connectivity index (χ3v) is 4.34. The molecule has 1 atom stereocenters. The van der Waals surface area contributed by atoms with Crippen LogP contribution in [0.3, 0.4) is 0 Å². The van der Waals surface area contributed by atoms with Crippen molar-refractivity contribution in [1.82, 2.24) is 10.2 Å². The first-order valence-corrected chi connectivity index (χ1v) is 8.86. The lowest BCUT2D eigenvalue weighted by molar-refractivity contribution is 0.0241. The fourth-order valence-corrected chi connectivity index (χ4v) is 2.92. The van der Waals surface area contributed by atoms with E-state index < -0.39 is 12.1 Å². The summed E-state index contributed by atoms with van der Waals surface area (Å²) in [5, 5.41) is 8.63. The summed E-state index contributed by atoms with van der Waals surface area (Å²) in [5.41, 5.74) is 1.73. The zero-order valence-corrected chi connectivity index (χ0v) is 15.7. The number of benzene rings is 2. The average molecular weight is 396 g/mol. The van der Waals surface area contributed by atoms with Crippen LogP contribution in [0.2, 0.25) is 0 Å². The predicted octanol–water partition coefficient (Wildman–Crippen LogP) is 4.69. The van der Waals surface area contributed by atoms with Gasteiger partial charge in [0.2, 0.25) is 11.7 Å². The van der Waals surface area contributed by atoms with Crippen molar-refractivity contribution in [2.45, 2.75) is 19.6 Å². The standard InChI is InChI=1S/C21H17FN2O5/c1-12(19-23-24-20(29-19)13-7-9-14(22)10-8-13)27-21(25)18-16(11-26-2)15-5-3-4-6-17(15)28-18/h3-10,12H,11H2,1-2H3/t12-/m0/s1. The molecule has 0 saturated carbocycles. The summed E-state index contributed by atoms with van der Waals surface area (Å²) in [6.07, 6.45) is -0.812. The fraction of sp³-hybridized carbons (Fsp3) is 0.190. The smallest absolute Gasteiger partial charge is 0.375 e. The quantitative estimate of drug-likeness (QED) is 0.437. The summed E-state index contributed by atoms with van der Waals surface area (Å²) < 4.78 is 35.0. The van der Waals surface area contributed by atoms with Gasteiger partial charge in [-0.25, -0.2) is 9.18 Å². The minimum atomic E-state index is -0.812. The number of para-hydroxylation sites is 1. The summed E-state index contributed by atoms with van der Waals surface area (Å²) in [4.78, 5) is 12.7. The summed E-state index contributed by atoms with van der Waals surface area (Å²) >= 11 is 0. The van der Waals surface area contributed by atoms with Crippen molar-refractivity contribution in [2.75, 3.05) is 7.11 Å². The van der Waals surface area contributed by atoms with Crippen molar-refractivity contribution in [3.63, 3.8) is 0 Å². The largest absolute Gasteiger partial charge is 0.449 e. The Kier molecular flexibility index (Phi) is 5.09. The van der Waals surface area contributed by atoms with Gasteiger partial charge in [-0.05, 0) is 37.3 Å². The molecular formula is C21H17FN2O5. The van der Waals surface area contributed by atoms with Gasteiger partial charge in [-0.2, -0.15) is 0 Å². The molecule has 0 fully saturated rings. The molecule has 0 aliphatic carbocycles. The highest BCUT2D eigenvalue weighted by Gasteiger charge is 2.26. The molecule has 4 aromatic rings. The molecule has 4 rings (SSSR count). The maximum absolute atomic E-state index is 13.1. The van der Waals surface area contributed by atoms with Gasteiger partial charge in [0, 0.05) is 23.6 Å². The molecule has 2 aromatic heterocycles. The first kappa shape index (κ1) is 18.8. The van der Waals surface area contributed by atoms with E-state index in [9.17, 15) is 9.18 Å². The molecule has 0 aliphatic rings. The van der Waals surface area contributed by atoms with Crippen LogP contribution < -0.4 is 0 Å². The number of esters is 1. The van der Waals surface area contributed by atoms with Gasteiger partial charge in [0.25, 0.3) is 5.89 Å². The van der Waals surface area contributed by atoms with Crippen LogP contribution in [0, 0.1) is 5.82 Å². The number of hydrogen-bond donors (Lipinski definition) is 0. The first-order chi connectivity index (χ1) is 14.1. The highest BCUT2D eigenvalue weighted by molar-refractivity contribution is 5.96. The van der Waals surface area contributed by atoms with Gasteiger partial charge in [-0.15, -0.1) is 10.2 Å². The zero-order chi connectivity index (χ0) is 20.4. The molecule has 0 N–H and O–H groups in total. The molecule has 8 heteroatoms. The summed E-state index contributed by atoms with van der Waals surface area (Å²) in [5.74, 6) is -0.650. The Hall–Kier alpha value is -3.52. The van der Waals surface area contributed by atoms with E-state index in [0.29, 0.717) is 16.7 Å². The molecular weight excluding hydrogens is 379 g/mol. The van der Waals surface area contributed by atoms with Crippen LogP contribution in [-0.2, 0) is 16.1 Å². The maximum Gasteiger partial charge on any atom is 0.375 e. The average Bonchev–Trinajstić information content (AvgIpc) is 3.35. The second-order valence-electron chi connectivity index (χ2n) is 6.34. The molecule has 148 valence electrons. The molecule has 29 heavy (non-hydrogen) atoms. The van der Waals surface area contributed by atoms with Gasteiger partial charge in [0.1, 0.15) is 11.4 Å². The number of fused-ring (bicyclic) bond motifs is 1. The van der Waals surface area contributed by atoms with Gasteiger partial charge in [-0.1, -0.05) is 18.2 Å². The molecule has 0 bridgehead atoms. The molecule has 0 amide bonds. The molecule has 2 aromatic carbocycles. The molecule has 0 spiro atoms. The summed E-state index contributed by atoms with van der Waals surface area (Å²) in [6, 6.07) is 12.9. The molecule has 0 radical (unpaired) electrons. The van der Waals surface area contributed by atoms with Crippen LogP contribution >= 0.6 is 0 Å². The number of halogens is 1. The molecule has 2 heterocycles. The van der Waals surface area contributed by atoms with Crippen LogP contribution in [0.15, 0.2) is 57.4 Å². The predicted molar refractivity (Wildman–Crippen MR) is 100 cm³/mol. The monoisotopic (exact) mass is 396 g/mol. The Balaban J connectivity index is 1.55. The van der Waals surface area contributed by atoms with Crippen LogP contribution in [0.5, 0.6) is 0 Å². The molecule has 0 aliphatic heterocycles. The Bertz CT molecular complexity index is 1150. The highest BCUT2D eigenvalue weighted by Crippen LogP contribution is 2.29. The Morgan fingerprint density at radius 2 is 1.86 bits per heavy atom. The van der Waals surface area contributed by atoms with E-state index in [-0.39, 0.29) is 30.0 Å². The van der Waals surface area contributed by atoms with Crippen molar-refractivity contribution in [1.29, 1.82) is 0 Å². The third kappa shape index (κ3) is 3.74. The van der Waals surface area contributed by atoms with Crippen LogP contribution in [-0.4, -0.2) is 23.3 Å². The van der Waals surface area contributed by atoms with E-state index in [1.54, 1.807) is 13.0 Å². The number of hydrogen-bond acceptors (Lipinski definition) is 7. The fourth-order valence-electron chi connectivity index (χ4n) is 2.92. The molecule has 7 nitrogen and oxygen atoms in total. The minimum absolute atomic E-state index is 0.0678. The van der Waals surface area contributed by atoms with Crippen LogP contribution in [0.4, 0.5) is 4.39 Å². The lowest BCUT2D eigenvalue weighted by atomic mass is 10.1. The first-order valence-electron chi connectivity index (χ1n) is 8.86. The van der Waals surface area contributed by atoms with Crippen molar-refractivity contribution in [3.05, 3.63) is 71.6 Å². The lowest BCUT2D eigenvalue weighted by Gasteiger charge is -2.09. The molecule has 0 unspecified atom stereocenters. The zero-order valence-electron chi connectivity index (χ0n) is 15.7. The van der Waals surface area contributed by atoms with Gasteiger partial charge < -0.3 is 18.3 Å². The topological polar surface area (TPSA) is 87.6 Å². The second kappa shape index (κ2) is 7.84. The van der Waals surface area contributed by atoms with Gasteiger partial charge in [-0.3, -0.25) is 0 Å². The number of nitrogens with zero attached hydrogens (tertiary/aromatic N) is 2. The highest BCUT2D eigenvalue weighted by atomic mass is 19.1. The second-order valence-corrected chi connectivity index (χ2v) is 6.34. The maximum atomic E-state index is 13.1. The van der Waals surface area contributed by atoms with E-state index in [0.717, 1.165) is 5.39 Å². The van der Waals surface area contributed by atoms with Gasteiger partial charge in [0.05, 0.1) is 6.61 Å². The van der Waals surface area contributed by atoms with Crippen molar-refractivity contribution < 1.29 is 27.5 Å². The Morgan fingerprint density at radius 3 is 2.62 bits per heavy atom. The van der Waals surface area contributed by atoms with E-state index in [1.807, 2.05) is 18.2 Å². The number of ether oxygens (including phenoxy) is 2. The van der Waals surface area contributed by atoms with Gasteiger partial charge in [0.15, 0.2) is 6.10 Å². The normalized spacial score (nSPS) is 12.2. The summed E-state index contributed by atoms with van der Waals surface area (Å²) in [7, 11) is 1.54. The number of furan rings is 1.